The van der Waals surface area contributed by atoms with Gasteiger partial charge in [0.25, 0.3) is 5.56 Å². The van der Waals surface area contributed by atoms with Crippen LogP contribution in [0.3, 0.4) is 0 Å². The summed E-state index contributed by atoms with van der Waals surface area (Å²) in [5.41, 5.74) is 1.64. The van der Waals surface area contributed by atoms with Crippen LogP contribution in [0.1, 0.15) is 12.5 Å². The smallest absolute Gasteiger partial charge is 0.331 e. The van der Waals surface area contributed by atoms with E-state index in [4.69, 9.17) is 0 Å². The Morgan fingerprint density at radius 2 is 1.90 bits per heavy atom. The number of anilines is 1. The molecule has 0 aliphatic heterocycles. The van der Waals surface area contributed by atoms with Crippen molar-refractivity contribution >= 4 is 5.69 Å². The number of nitrogens with zero attached hydrogens (tertiary/aromatic N) is 2. The Hall–Kier alpha value is -2.30. The molecule has 1 N–H and O–H groups in total. The lowest BCUT2D eigenvalue weighted by atomic mass is 10.2. The summed E-state index contributed by atoms with van der Waals surface area (Å²) in [6.45, 7) is 5.34. The van der Waals surface area contributed by atoms with Crippen molar-refractivity contribution in [2.75, 3.05) is 11.9 Å². The van der Waals surface area contributed by atoms with Gasteiger partial charge in [-0.05, 0) is 25.5 Å². The summed E-state index contributed by atoms with van der Waals surface area (Å²) in [5.74, 6) is 0. The number of hydrogen-bond acceptors (Lipinski definition) is 3. The molecule has 0 amide bonds. The van der Waals surface area contributed by atoms with Crippen LogP contribution in [-0.2, 0) is 13.1 Å². The van der Waals surface area contributed by atoms with Gasteiger partial charge in [-0.2, -0.15) is 0 Å². The molecule has 2 rings (SSSR count). The summed E-state index contributed by atoms with van der Waals surface area (Å²) in [5, 5.41) is 3.25. The summed E-state index contributed by atoms with van der Waals surface area (Å²) in [6, 6.07) is 9.35. The van der Waals surface area contributed by atoms with E-state index in [-0.39, 0.29) is 11.2 Å². The molecule has 0 aliphatic carbocycles. The molecule has 1 heterocycles. The molecule has 1 aromatic heterocycles. The van der Waals surface area contributed by atoms with Gasteiger partial charge in [-0.1, -0.05) is 18.2 Å². The molecule has 0 atom stereocenters. The highest BCUT2D eigenvalue weighted by molar-refractivity contribution is 5.50. The Balaban J connectivity index is 2.11. The minimum absolute atomic E-state index is 0.258. The van der Waals surface area contributed by atoms with E-state index >= 15 is 0 Å². The quantitative estimate of drug-likeness (QED) is 0.897. The Labute approximate surface area is 117 Å². The van der Waals surface area contributed by atoms with E-state index < -0.39 is 0 Å². The van der Waals surface area contributed by atoms with Crippen LogP contribution in [-0.4, -0.2) is 15.7 Å². The molecule has 0 unspecified atom stereocenters. The maximum absolute atomic E-state index is 12.0. The maximum Gasteiger partial charge on any atom is 0.331 e. The zero-order chi connectivity index (χ0) is 14.5. The average Bonchev–Trinajstić information content (AvgIpc) is 2.44. The van der Waals surface area contributed by atoms with Gasteiger partial charge in [-0.25, -0.2) is 4.79 Å². The van der Waals surface area contributed by atoms with Crippen molar-refractivity contribution in [1.29, 1.82) is 0 Å². The van der Waals surface area contributed by atoms with Crippen molar-refractivity contribution in [2.45, 2.75) is 26.9 Å². The van der Waals surface area contributed by atoms with Gasteiger partial charge in [-0.3, -0.25) is 9.36 Å². The van der Waals surface area contributed by atoms with Crippen LogP contribution in [0, 0.1) is 6.92 Å². The highest BCUT2D eigenvalue weighted by Gasteiger charge is 2.04. The molecular weight excluding hydrogens is 254 g/mol. The van der Waals surface area contributed by atoms with Crippen LogP contribution in [0.2, 0.25) is 0 Å². The predicted octanol–water partition coefficient (Wildman–Crippen LogP) is 1.45. The van der Waals surface area contributed by atoms with Crippen molar-refractivity contribution < 1.29 is 0 Å². The summed E-state index contributed by atoms with van der Waals surface area (Å²) in [6.07, 6.45) is 1.54. The second-order valence-corrected chi connectivity index (χ2v) is 4.62. The molecule has 5 heteroatoms. The first-order valence-corrected chi connectivity index (χ1v) is 6.73. The molecule has 106 valence electrons. The van der Waals surface area contributed by atoms with Gasteiger partial charge in [0.15, 0.2) is 0 Å². The van der Waals surface area contributed by atoms with Crippen molar-refractivity contribution in [3.05, 3.63) is 62.9 Å². The van der Waals surface area contributed by atoms with E-state index in [1.807, 2.05) is 38.1 Å². The topological polar surface area (TPSA) is 56.0 Å². The van der Waals surface area contributed by atoms with Crippen LogP contribution in [0.5, 0.6) is 0 Å². The zero-order valence-corrected chi connectivity index (χ0v) is 11.8. The molecule has 2 aromatic rings. The SMILES string of the molecule is CCn1ccc(=O)n(CCNc2ccccc2C)c1=O. The molecule has 0 aliphatic rings. The normalized spacial score (nSPS) is 10.5. The van der Waals surface area contributed by atoms with E-state index in [0.29, 0.717) is 19.6 Å². The van der Waals surface area contributed by atoms with Gasteiger partial charge >= 0.3 is 5.69 Å². The molecule has 0 fully saturated rings. The highest BCUT2D eigenvalue weighted by Crippen LogP contribution is 2.12. The zero-order valence-electron chi connectivity index (χ0n) is 11.8. The molecule has 5 nitrogen and oxygen atoms in total. The number of nitrogens with one attached hydrogen (secondary N) is 1. The second-order valence-electron chi connectivity index (χ2n) is 4.62. The summed E-state index contributed by atoms with van der Waals surface area (Å²) < 4.78 is 2.78. The summed E-state index contributed by atoms with van der Waals surface area (Å²) in [4.78, 5) is 23.8. The van der Waals surface area contributed by atoms with E-state index in [1.165, 1.54) is 21.4 Å². The number of benzene rings is 1. The monoisotopic (exact) mass is 273 g/mol. The Morgan fingerprint density at radius 1 is 1.15 bits per heavy atom. The molecule has 0 bridgehead atoms. The number of para-hydroxylation sites is 1. The van der Waals surface area contributed by atoms with Gasteiger partial charge in [0.1, 0.15) is 0 Å². The van der Waals surface area contributed by atoms with Gasteiger partial charge in [-0.15, -0.1) is 0 Å². The molecule has 0 saturated carbocycles. The van der Waals surface area contributed by atoms with Gasteiger partial charge in [0.05, 0.1) is 0 Å². The third-order valence-corrected chi connectivity index (χ3v) is 3.28. The number of hydrogen-bond donors (Lipinski definition) is 1. The molecule has 0 spiro atoms. The van der Waals surface area contributed by atoms with Crippen LogP contribution < -0.4 is 16.6 Å². The summed E-state index contributed by atoms with van der Waals surface area (Å²) in [7, 11) is 0. The second kappa shape index (κ2) is 6.23. The van der Waals surface area contributed by atoms with Crippen molar-refractivity contribution in [3.8, 4) is 0 Å². The molecule has 1 aromatic carbocycles. The van der Waals surface area contributed by atoms with Gasteiger partial charge < -0.3 is 9.88 Å². The number of aryl methyl sites for hydroxylation is 2. The molecule has 0 radical (unpaired) electrons. The Kier molecular flexibility index (Phi) is 4.40. The fraction of sp³-hybridized carbons (Fsp3) is 0.333. The predicted molar refractivity (Wildman–Crippen MR) is 80.3 cm³/mol. The van der Waals surface area contributed by atoms with Crippen LogP contribution in [0.25, 0.3) is 0 Å². The molecule has 0 saturated heterocycles. The highest BCUT2D eigenvalue weighted by atomic mass is 16.2. The van der Waals surface area contributed by atoms with Crippen LogP contribution >= 0.6 is 0 Å². The average molecular weight is 273 g/mol. The van der Waals surface area contributed by atoms with E-state index in [0.717, 1.165) is 11.3 Å². The number of rotatable bonds is 5. The third kappa shape index (κ3) is 2.99. The van der Waals surface area contributed by atoms with Gasteiger partial charge in [0.2, 0.25) is 0 Å². The van der Waals surface area contributed by atoms with E-state index in [1.54, 1.807) is 0 Å². The van der Waals surface area contributed by atoms with Crippen LogP contribution in [0.4, 0.5) is 5.69 Å². The van der Waals surface area contributed by atoms with E-state index in [9.17, 15) is 9.59 Å². The lowest BCUT2D eigenvalue weighted by Gasteiger charge is -2.11. The minimum Gasteiger partial charge on any atom is -0.383 e. The van der Waals surface area contributed by atoms with Crippen LogP contribution in [0.15, 0.2) is 46.1 Å². The first-order chi connectivity index (χ1) is 9.63. The largest absolute Gasteiger partial charge is 0.383 e. The standard InChI is InChI=1S/C15H19N3O2/c1-3-17-10-8-14(19)18(15(17)20)11-9-16-13-7-5-4-6-12(13)2/h4-8,10,16H,3,9,11H2,1-2H3. The first kappa shape index (κ1) is 14.1. The van der Waals surface area contributed by atoms with E-state index in [2.05, 4.69) is 5.32 Å². The van der Waals surface area contributed by atoms with Crippen molar-refractivity contribution in [2.24, 2.45) is 0 Å². The minimum atomic E-state index is -0.258. The molecular formula is C15H19N3O2. The first-order valence-electron chi connectivity index (χ1n) is 6.73. The fourth-order valence-electron chi connectivity index (χ4n) is 2.08. The number of aromatic nitrogens is 2. The van der Waals surface area contributed by atoms with Gasteiger partial charge in [0, 0.05) is 37.6 Å². The fourth-order valence-corrected chi connectivity index (χ4v) is 2.08. The maximum atomic E-state index is 12.0. The molecule has 20 heavy (non-hydrogen) atoms. The van der Waals surface area contributed by atoms with Crippen molar-refractivity contribution in [3.63, 3.8) is 0 Å². The lowest BCUT2D eigenvalue weighted by Crippen LogP contribution is -2.40. The Bertz CT molecular complexity index is 701. The Morgan fingerprint density at radius 3 is 2.60 bits per heavy atom. The lowest BCUT2D eigenvalue weighted by molar-refractivity contribution is 0.577. The summed E-state index contributed by atoms with van der Waals surface area (Å²) >= 11 is 0. The third-order valence-electron chi connectivity index (χ3n) is 3.28. The van der Waals surface area contributed by atoms with Crippen molar-refractivity contribution in [1.82, 2.24) is 9.13 Å².